The molecule has 0 aliphatic carbocycles. The Morgan fingerprint density at radius 3 is 2.54 bits per heavy atom. The van der Waals surface area contributed by atoms with Crippen LogP contribution in [0.25, 0.3) is 5.69 Å². The third kappa shape index (κ3) is 4.43. The molecule has 2 aromatic heterocycles. The molecule has 26 heavy (non-hydrogen) atoms. The first-order valence-corrected chi connectivity index (χ1v) is 9.18. The smallest absolute Gasteiger partial charge is 0.220 e. The van der Waals surface area contributed by atoms with Crippen molar-refractivity contribution in [2.45, 2.75) is 32.7 Å². The highest BCUT2D eigenvalue weighted by atomic mass is 32.1. The van der Waals surface area contributed by atoms with E-state index in [0.29, 0.717) is 4.88 Å². The highest BCUT2D eigenvalue weighted by Crippen LogP contribution is 2.18. The number of carbonyl (C=O) groups excluding carboxylic acids is 2. The third-order valence-corrected chi connectivity index (χ3v) is 5.09. The van der Waals surface area contributed by atoms with E-state index in [9.17, 15) is 9.59 Å². The van der Waals surface area contributed by atoms with E-state index in [-0.39, 0.29) is 30.6 Å². The molecule has 7 heteroatoms. The first kappa shape index (κ1) is 18.0. The number of rotatable bonds is 7. The number of thiophene rings is 1. The zero-order valence-corrected chi connectivity index (χ0v) is 15.5. The SMILES string of the molecule is Cc1ccc(C(=O)CCC(=O)NC(C)c2ccc(-n3cncn3)cc2)s1. The zero-order valence-electron chi connectivity index (χ0n) is 14.7. The van der Waals surface area contributed by atoms with E-state index in [1.807, 2.05) is 50.2 Å². The van der Waals surface area contributed by atoms with Crippen molar-refractivity contribution in [2.24, 2.45) is 0 Å². The Bertz CT molecular complexity index is 885. The summed E-state index contributed by atoms with van der Waals surface area (Å²) in [6, 6.07) is 11.3. The maximum absolute atomic E-state index is 12.1. The fourth-order valence-corrected chi connectivity index (χ4v) is 3.42. The third-order valence-electron chi connectivity index (χ3n) is 4.05. The Labute approximate surface area is 155 Å². The van der Waals surface area contributed by atoms with Gasteiger partial charge in [0.15, 0.2) is 5.78 Å². The quantitative estimate of drug-likeness (QED) is 0.648. The predicted molar refractivity (Wildman–Crippen MR) is 101 cm³/mol. The molecule has 1 aromatic carbocycles. The monoisotopic (exact) mass is 368 g/mol. The normalized spacial score (nSPS) is 11.9. The molecule has 0 fully saturated rings. The molecule has 6 nitrogen and oxygen atoms in total. The maximum atomic E-state index is 12.1. The number of ketones is 1. The van der Waals surface area contributed by atoms with Crippen molar-refractivity contribution in [3.63, 3.8) is 0 Å². The Kier molecular flexibility index (Phi) is 5.58. The van der Waals surface area contributed by atoms with Gasteiger partial charge in [0.2, 0.25) is 5.91 Å². The number of amides is 1. The summed E-state index contributed by atoms with van der Waals surface area (Å²) in [7, 11) is 0. The standard InChI is InChI=1S/C19H20N4O2S/c1-13-3-9-18(26-13)17(24)8-10-19(25)22-14(2)15-4-6-16(7-5-15)23-12-20-11-21-23/h3-7,9,11-12,14H,8,10H2,1-2H3,(H,22,25). The van der Waals surface area contributed by atoms with Gasteiger partial charge in [0, 0.05) is 17.7 Å². The van der Waals surface area contributed by atoms with Crippen molar-refractivity contribution in [1.82, 2.24) is 20.1 Å². The summed E-state index contributed by atoms with van der Waals surface area (Å²) < 4.78 is 1.67. The molecule has 1 N–H and O–H groups in total. The molecule has 0 aliphatic rings. The van der Waals surface area contributed by atoms with Crippen LogP contribution in [0.2, 0.25) is 0 Å². The molecular formula is C19H20N4O2S. The molecule has 1 unspecified atom stereocenters. The largest absolute Gasteiger partial charge is 0.350 e. The lowest BCUT2D eigenvalue weighted by atomic mass is 10.1. The molecule has 134 valence electrons. The van der Waals surface area contributed by atoms with Gasteiger partial charge in [0.1, 0.15) is 12.7 Å². The molecule has 1 amide bonds. The summed E-state index contributed by atoms with van der Waals surface area (Å²) in [4.78, 5) is 30.0. The summed E-state index contributed by atoms with van der Waals surface area (Å²) >= 11 is 1.47. The van der Waals surface area contributed by atoms with Crippen LogP contribution in [0.4, 0.5) is 0 Å². The second kappa shape index (κ2) is 8.05. The second-order valence-corrected chi connectivity index (χ2v) is 7.34. The lowest BCUT2D eigenvalue weighted by Crippen LogP contribution is -2.26. The highest BCUT2D eigenvalue weighted by Gasteiger charge is 2.13. The van der Waals surface area contributed by atoms with E-state index >= 15 is 0 Å². The van der Waals surface area contributed by atoms with Crippen LogP contribution in [0.15, 0.2) is 49.1 Å². The molecule has 0 spiro atoms. The first-order chi connectivity index (χ1) is 12.5. The van der Waals surface area contributed by atoms with Gasteiger partial charge in [-0.25, -0.2) is 9.67 Å². The number of hydrogen-bond acceptors (Lipinski definition) is 5. The molecule has 0 aliphatic heterocycles. The zero-order chi connectivity index (χ0) is 18.5. The van der Waals surface area contributed by atoms with Crippen molar-refractivity contribution in [3.8, 4) is 5.69 Å². The van der Waals surface area contributed by atoms with Crippen molar-refractivity contribution < 1.29 is 9.59 Å². The minimum atomic E-state index is -0.133. The van der Waals surface area contributed by atoms with E-state index in [2.05, 4.69) is 15.4 Å². The summed E-state index contributed by atoms with van der Waals surface area (Å²) in [5, 5.41) is 7.02. The number of aromatic nitrogens is 3. The second-order valence-electron chi connectivity index (χ2n) is 6.05. The van der Waals surface area contributed by atoms with Crippen molar-refractivity contribution in [2.75, 3.05) is 0 Å². The topological polar surface area (TPSA) is 76.9 Å². The van der Waals surface area contributed by atoms with Crippen LogP contribution in [0.1, 0.15) is 45.9 Å². The minimum Gasteiger partial charge on any atom is -0.350 e. The molecule has 1 atom stereocenters. The number of nitrogens with one attached hydrogen (secondary N) is 1. The lowest BCUT2D eigenvalue weighted by molar-refractivity contribution is -0.121. The van der Waals surface area contributed by atoms with Gasteiger partial charge in [-0.3, -0.25) is 9.59 Å². The van der Waals surface area contributed by atoms with Gasteiger partial charge in [0.05, 0.1) is 16.6 Å². The van der Waals surface area contributed by atoms with Gasteiger partial charge in [-0.15, -0.1) is 11.3 Å². The number of benzene rings is 1. The Morgan fingerprint density at radius 1 is 1.15 bits per heavy atom. The van der Waals surface area contributed by atoms with Crippen LogP contribution in [0.3, 0.4) is 0 Å². The van der Waals surface area contributed by atoms with E-state index in [0.717, 1.165) is 16.1 Å². The van der Waals surface area contributed by atoms with E-state index in [4.69, 9.17) is 0 Å². The molecule has 0 saturated heterocycles. The van der Waals surface area contributed by atoms with Crippen LogP contribution >= 0.6 is 11.3 Å². The van der Waals surface area contributed by atoms with Crippen molar-refractivity contribution in [1.29, 1.82) is 0 Å². The Hall–Kier alpha value is -2.80. The first-order valence-electron chi connectivity index (χ1n) is 8.37. The summed E-state index contributed by atoms with van der Waals surface area (Å²) in [5.74, 6) is -0.109. The fourth-order valence-electron chi connectivity index (χ4n) is 2.59. The van der Waals surface area contributed by atoms with Crippen LogP contribution in [0, 0.1) is 6.92 Å². The van der Waals surface area contributed by atoms with E-state index in [1.54, 1.807) is 11.0 Å². The van der Waals surface area contributed by atoms with E-state index < -0.39 is 0 Å². The van der Waals surface area contributed by atoms with Crippen LogP contribution in [-0.2, 0) is 4.79 Å². The number of Topliss-reactive ketones (excluding diaryl/α,β-unsaturated/α-hetero) is 1. The van der Waals surface area contributed by atoms with Gasteiger partial charge in [-0.1, -0.05) is 12.1 Å². The number of aryl methyl sites for hydroxylation is 1. The maximum Gasteiger partial charge on any atom is 0.220 e. The van der Waals surface area contributed by atoms with Crippen LogP contribution in [0.5, 0.6) is 0 Å². The Morgan fingerprint density at radius 2 is 1.92 bits per heavy atom. The van der Waals surface area contributed by atoms with Crippen molar-refractivity contribution >= 4 is 23.0 Å². The summed E-state index contributed by atoms with van der Waals surface area (Å²) in [6.07, 6.45) is 3.53. The fraction of sp³-hybridized carbons (Fsp3) is 0.263. The Balaban J connectivity index is 1.51. The number of carbonyl (C=O) groups is 2. The summed E-state index contributed by atoms with van der Waals surface area (Å²) in [5.41, 5.74) is 1.89. The van der Waals surface area contributed by atoms with Gasteiger partial charge in [0.25, 0.3) is 0 Å². The van der Waals surface area contributed by atoms with Gasteiger partial charge in [-0.2, -0.15) is 5.10 Å². The number of hydrogen-bond donors (Lipinski definition) is 1. The lowest BCUT2D eigenvalue weighted by Gasteiger charge is -2.14. The predicted octanol–water partition coefficient (Wildman–Crippen LogP) is 3.48. The highest BCUT2D eigenvalue weighted by molar-refractivity contribution is 7.14. The molecule has 3 rings (SSSR count). The molecule has 2 heterocycles. The van der Waals surface area contributed by atoms with Gasteiger partial charge < -0.3 is 5.32 Å². The number of nitrogens with zero attached hydrogens (tertiary/aromatic N) is 3. The van der Waals surface area contributed by atoms with Gasteiger partial charge in [-0.05, 0) is 43.7 Å². The molecule has 3 aromatic rings. The van der Waals surface area contributed by atoms with Crippen molar-refractivity contribution in [3.05, 3.63) is 64.4 Å². The molecule has 0 radical (unpaired) electrons. The van der Waals surface area contributed by atoms with Gasteiger partial charge >= 0.3 is 0 Å². The average Bonchev–Trinajstić information content (AvgIpc) is 3.31. The van der Waals surface area contributed by atoms with Crippen LogP contribution < -0.4 is 5.32 Å². The molecular weight excluding hydrogens is 348 g/mol. The molecule has 0 bridgehead atoms. The van der Waals surface area contributed by atoms with Crippen LogP contribution in [-0.4, -0.2) is 26.5 Å². The minimum absolute atomic E-state index is 0.0167. The summed E-state index contributed by atoms with van der Waals surface area (Å²) in [6.45, 7) is 3.89. The molecule has 0 saturated carbocycles. The van der Waals surface area contributed by atoms with E-state index in [1.165, 1.54) is 17.7 Å². The average molecular weight is 368 g/mol.